The quantitative estimate of drug-likeness (QED) is 0.0687. The number of carbonyl (C=O) groups excluding carboxylic acids is 2. The van der Waals surface area contributed by atoms with Crippen LogP contribution in [0.2, 0.25) is 0 Å². The zero-order chi connectivity index (χ0) is 27.3. The van der Waals surface area contributed by atoms with E-state index in [4.69, 9.17) is 23.4 Å². The van der Waals surface area contributed by atoms with Gasteiger partial charge >= 0.3 is 0 Å². The highest BCUT2D eigenvalue weighted by Crippen LogP contribution is 1.97. The lowest BCUT2D eigenvalue weighted by atomic mass is 10.2. The van der Waals surface area contributed by atoms with E-state index >= 15 is 0 Å². The number of Topliss-reactive ketones (excluding diaryl/α,β-unsaturated/α-hetero) is 1. The van der Waals surface area contributed by atoms with Crippen LogP contribution in [0, 0.1) is 12.3 Å². The number of unbranched alkanes of at least 4 members (excludes halogenated alkanes) is 6. The van der Waals surface area contributed by atoms with E-state index in [2.05, 4.69) is 35.1 Å². The van der Waals surface area contributed by atoms with Gasteiger partial charge in [0.05, 0.1) is 0 Å². The van der Waals surface area contributed by atoms with E-state index < -0.39 is 0 Å². The summed E-state index contributed by atoms with van der Waals surface area (Å²) < 4.78 is 0. The van der Waals surface area contributed by atoms with E-state index in [9.17, 15) is 9.59 Å². The SMILES string of the molecule is C#CCC.CCC(C)=O.CCCCCCN.CCCCCCNC(=O)CC.[B].[N-]=[N+]=NCCCN. The van der Waals surface area contributed by atoms with E-state index in [1.165, 1.54) is 44.9 Å². The molecule has 0 unspecified atom stereocenters. The van der Waals surface area contributed by atoms with Crippen LogP contribution in [0.25, 0.3) is 10.4 Å². The number of rotatable bonds is 14. The Bertz CT molecular complexity index is 475. The smallest absolute Gasteiger partial charge is 0.219 e. The second-order valence-electron chi connectivity index (χ2n) is 7.32. The third kappa shape index (κ3) is 88.9. The van der Waals surface area contributed by atoms with E-state index in [1.54, 1.807) is 6.92 Å². The zero-order valence-electron chi connectivity index (χ0n) is 23.8. The standard InChI is InChI=1S/C9H19NO.C6H15N.C4H8O.C4H6.C3H8N4.B/c1-3-5-6-7-8-10-9(11)4-2;1-2-3-4-5-6-7;1-3-4(2)5;1-3-4-2;4-2-1-3-6-7-5;/h3-8H2,1-2H3,(H,10,11);2-7H2,1H3;3H2,1-2H3;1H,4H2,2H3;1-4H2;. The van der Waals surface area contributed by atoms with Crippen molar-refractivity contribution in [1.82, 2.24) is 5.32 Å². The number of hydrogen-bond donors (Lipinski definition) is 3. The van der Waals surface area contributed by atoms with Crippen LogP contribution >= 0.6 is 0 Å². The average Bonchev–Trinajstić information content (AvgIpc) is 2.85. The first-order valence-electron chi connectivity index (χ1n) is 12.9. The van der Waals surface area contributed by atoms with Crippen LogP contribution in [0.3, 0.4) is 0 Å². The van der Waals surface area contributed by atoms with Crippen LogP contribution in [0.15, 0.2) is 5.11 Å². The minimum atomic E-state index is 0. The van der Waals surface area contributed by atoms with Gasteiger partial charge in [-0.05, 0) is 44.8 Å². The van der Waals surface area contributed by atoms with Gasteiger partial charge in [-0.25, -0.2) is 0 Å². The van der Waals surface area contributed by atoms with Gasteiger partial charge in [-0.2, -0.15) is 0 Å². The molecule has 0 aromatic carbocycles. The number of azide groups is 1. The van der Waals surface area contributed by atoms with Gasteiger partial charge in [0.25, 0.3) is 0 Å². The molecule has 3 radical (unpaired) electrons. The minimum absolute atomic E-state index is 0. The third-order valence-corrected chi connectivity index (χ3v) is 3.96. The number of carbonyl (C=O) groups is 2. The largest absolute Gasteiger partial charge is 0.356 e. The summed E-state index contributed by atoms with van der Waals surface area (Å²) in [5, 5.41) is 6.11. The molecule has 0 aliphatic carbocycles. The second kappa shape index (κ2) is 53.4. The molecule has 0 saturated heterocycles. The van der Waals surface area contributed by atoms with Crippen LogP contribution < -0.4 is 16.8 Å². The number of hydrogen-bond acceptors (Lipinski definition) is 5. The lowest BCUT2D eigenvalue weighted by molar-refractivity contribution is -0.120. The van der Waals surface area contributed by atoms with E-state index in [0.29, 0.717) is 25.9 Å². The number of nitrogens with zero attached hydrogens (tertiary/aromatic N) is 3. The van der Waals surface area contributed by atoms with Crippen molar-refractivity contribution >= 4 is 20.1 Å². The van der Waals surface area contributed by atoms with E-state index in [1.807, 2.05) is 20.8 Å². The van der Waals surface area contributed by atoms with Gasteiger partial charge in [0, 0.05) is 45.7 Å². The maximum atomic E-state index is 10.7. The zero-order valence-corrected chi connectivity index (χ0v) is 23.8. The molecular weight excluding hydrogens is 439 g/mol. The highest BCUT2D eigenvalue weighted by atomic mass is 16.1. The molecule has 0 aromatic rings. The lowest BCUT2D eigenvalue weighted by Gasteiger charge is -2.01. The molecule has 0 aliphatic rings. The van der Waals surface area contributed by atoms with Gasteiger partial charge in [-0.3, -0.25) is 4.79 Å². The summed E-state index contributed by atoms with van der Waals surface area (Å²) >= 11 is 0. The van der Waals surface area contributed by atoms with Crippen LogP contribution in [0.5, 0.6) is 0 Å². The molecule has 0 rings (SSSR count). The van der Waals surface area contributed by atoms with Crippen molar-refractivity contribution in [3.8, 4) is 12.3 Å². The molecule has 0 aromatic heterocycles. The van der Waals surface area contributed by atoms with Crippen molar-refractivity contribution in [2.45, 2.75) is 119 Å². The van der Waals surface area contributed by atoms with Gasteiger partial charge in [0.2, 0.25) is 5.91 Å². The average molecular weight is 496 g/mol. The van der Waals surface area contributed by atoms with E-state index in [0.717, 1.165) is 32.4 Å². The topological polar surface area (TPSA) is 147 Å². The van der Waals surface area contributed by atoms with Crippen LogP contribution in [-0.2, 0) is 9.59 Å². The molecule has 205 valence electrons. The molecule has 0 bridgehead atoms. The third-order valence-electron chi connectivity index (χ3n) is 3.96. The maximum Gasteiger partial charge on any atom is 0.219 e. The van der Waals surface area contributed by atoms with Gasteiger partial charge in [-0.15, -0.1) is 12.3 Å². The minimum Gasteiger partial charge on any atom is -0.356 e. The summed E-state index contributed by atoms with van der Waals surface area (Å²) in [5.41, 5.74) is 18.1. The summed E-state index contributed by atoms with van der Waals surface area (Å²) in [6.07, 6.45) is 17.7. The molecule has 5 N–H and O–H groups in total. The lowest BCUT2D eigenvalue weighted by Crippen LogP contribution is -2.23. The Morgan fingerprint density at radius 2 is 1.34 bits per heavy atom. The molecule has 0 atom stereocenters. The first-order chi connectivity index (χ1) is 16.3. The number of nitrogens with two attached hydrogens (primary N) is 2. The van der Waals surface area contributed by atoms with Crippen molar-refractivity contribution in [2.75, 3.05) is 26.2 Å². The summed E-state index contributed by atoms with van der Waals surface area (Å²) in [4.78, 5) is 23.1. The number of terminal acetylenes is 1. The first-order valence-corrected chi connectivity index (χ1v) is 12.9. The van der Waals surface area contributed by atoms with Crippen LogP contribution in [0.1, 0.15) is 119 Å². The van der Waals surface area contributed by atoms with Crippen LogP contribution in [-0.4, -0.2) is 46.3 Å². The molecule has 0 saturated carbocycles. The molecule has 9 heteroatoms. The Morgan fingerprint density at radius 1 is 0.886 bits per heavy atom. The van der Waals surface area contributed by atoms with Crippen molar-refractivity contribution < 1.29 is 9.59 Å². The van der Waals surface area contributed by atoms with Crippen molar-refractivity contribution in [3.63, 3.8) is 0 Å². The molecule has 1 amide bonds. The fourth-order valence-electron chi connectivity index (χ4n) is 1.68. The van der Waals surface area contributed by atoms with Gasteiger partial charge < -0.3 is 21.6 Å². The van der Waals surface area contributed by atoms with Gasteiger partial charge in [0.15, 0.2) is 0 Å². The first kappa shape index (κ1) is 46.3. The van der Waals surface area contributed by atoms with Crippen molar-refractivity contribution in [3.05, 3.63) is 10.4 Å². The van der Waals surface area contributed by atoms with E-state index in [-0.39, 0.29) is 20.1 Å². The summed E-state index contributed by atoms with van der Waals surface area (Å²) in [5.74, 6) is 2.85. The van der Waals surface area contributed by atoms with Crippen LogP contribution in [0.4, 0.5) is 0 Å². The molecule has 0 fully saturated rings. The Hall–Kier alpha value is -2.01. The molecule has 0 spiro atoms. The highest BCUT2D eigenvalue weighted by Gasteiger charge is 1.93. The van der Waals surface area contributed by atoms with Gasteiger partial charge in [0.1, 0.15) is 5.78 Å². The Morgan fingerprint density at radius 3 is 1.66 bits per heavy atom. The maximum absolute atomic E-state index is 10.7. The Kier molecular flexibility index (Phi) is 70.7. The summed E-state index contributed by atoms with van der Waals surface area (Å²) in [7, 11) is 0. The molecular formula is C26H56BN6O2. The second-order valence-corrected chi connectivity index (χ2v) is 7.32. The summed E-state index contributed by atoms with van der Waals surface area (Å²) in [6.45, 7) is 14.5. The number of nitrogens with one attached hydrogen (secondary N) is 1. The Labute approximate surface area is 219 Å². The normalized spacial score (nSPS) is 8.09. The molecule has 0 heterocycles. The fourth-order valence-corrected chi connectivity index (χ4v) is 1.68. The Balaban J connectivity index is -0.0000000780. The monoisotopic (exact) mass is 495 g/mol. The van der Waals surface area contributed by atoms with Crippen molar-refractivity contribution in [2.24, 2.45) is 16.6 Å². The number of ketones is 1. The predicted octanol–water partition coefficient (Wildman–Crippen LogP) is 5.90. The van der Waals surface area contributed by atoms with Crippen molar-refractivity contribution in [1.29, 1.82) is 0 Å². The molecule has 0 aliphatic heterocycles. The molecule has 8 nitrogen and oxygen atoms in total. The highest BCUT2D eigenvalue weighted by molar-refractivity contribution is 5.76. The predicted molar refractivity (Wildman–Crippen MR) is 154 cm³/mol. The van der Waals surface area contributed by atoms with Gasteiger partial charge in [-0.1, -0.05) is 78.3 Å². The number of amides is 1. The molecule has 35 heavy (non-hydrogen) atoms. The summed E-state index contributed by atoms with van der Waals surface area (Å²) in [6, 6.07) is 0. The fraction of sp³-hybridized carbons (Fsp3) is 0.846.